The zero-order chi connectivity index (χ0) is 16.2. The molecule has 1 rings (SSSR count). The van der Waals surface area contributed by atoms with Gasteiger partial charge < -0.3 is 15.6 Å². The molecule has 0 amide bonds. The first-order valence-corrected chi connectivity index (χ1v) is 7.40. The summed E-state index contributed by atoms with van der Waals surface area (Å²) < 4.78 is 0. The standard InChI is InChI=1S/C15H21N2O3Si/c1-9(18)13(21)12-10(5-4-8-17-12)11(16)6-7-15(2,3)14(19)20/h4-5,8-9,13,16,18H,6-7H2,1-3H3,(H,19,20)/t9-,13?/m0/s1. The van der Waals surface area contributed by atoms with Gasteiger partial charge in [0.25, 0.3) is 0 Å². The maximum Gasteiger partial charge on any atom is 0.309 e. The normalized spacial score (nSPS) is 14.5. The first-order valence-electron chi connectivity index (χ1n) is 6.82. The fourth-order valence-electron chi connectivity index (χ4n) is 1.83. The lowest BCUT2D eigenvalue weighted by atomic mass is 9.86. The quantitative estimate of drug-likeness (QED) is 0.530. The number of aliphatic carboxylic acids is 1. The van der Waals surface area contributed by atoms with Crippen LogP contribution in [0.25, 0.3) is 0 Å². The molecule has 0 aliphatic rings. The van der Waals surface area contributed by atoms with Gasteiger partial charge in [-0.2, -0.15) is 0 Å². The molecule has 6 heteroatoms. The van der Waals surface area contributed by atoms with Crippen LogP contribution in [0.4, 0.5) is 0 Å². The predicted molar refractivity (Wildman–Crippen MR) is 81.9 cm³/mol. The second-order valence-corrected chi connectivity index (χ2v) is 6.44. The van der Waals surface area contributed by atoms with Crippen molar-refractivity contribution in [1.82, 2.24) is 4.98 Å². The van der Waals surface area contributed by atoms with Crippen molar-refractivity contribution in [3.05, 3.63) is 29.6 Å². The lowest BCUT2D eigenvalue weighted by molar-refractivity contribution is -0.147. The van der Waals surface area contributed by atoms with Crippen LogP contribution in [0.15, 0.2) is 18.3 Å². The second-order valence-electron chi connectivity index (χ2n) is 5.82. The van der Waals surface area contributed by atoms with E-state index in [0.717, 1.165) is 0 Å². The van der Waals surface area contributed by atoms with Crippen LogP contribution in [0.5, 0.6) is 0 Å². The Hall–Kier alpha value is -1.53. The minimum Gasteiger partial charge on any atom is -0.481 e. The summed E-state index contributed by atoms with van der Waals surface area (Å²) in [7, 11) is 3.44. The number of nitrogens with one attached hydrogen (secondary N) is 1. The minimum atomic E-state index is -0.872. The SMILES string of the molecule is C[C@H](O)C([Si])c1ncccc1C(=N)CCC(C)(C)C(=O)O. The van der Waals surface area contributed by atoms with Crippen molar-refractivity contribution in [2.75, 3.05) is 0 Å². The van der Waals surface area contributed by atoms with E-state index in [-0.39, 0.29) is 5.54 Å². The molecule has 0 fully saturated rings. The van der Waals surface area contributed by atoms with Crippen LogP contribution in [0.2, 0.25) is 0 Å². The Morgan fingerprint density at radius 3 is 2.67 bits per heavy atom. The van der Waals surface area contributed by atoms with Crippen molar-refractivity contribution in [3.8, 4) is 0 Å². The molecule has 1 aromatic heterocycles. The average molecular weight is 305 g/mol. The van der Waals surface area contributed by atoms with Crippen molar-refractivity contribution < 1.29 is 15.0 Å². The summed E-state index contributed by atoms with van der Waals surface area (Å²) >= 11 is 0. The van der Waals surface area contributed by atoms with Crippen LogP contribution < -0.4 is 0 Å². The van der Waals surface area contributed by atoms with E-state index >= 15 is 0 Å². The van der Waals surface area contributed by atoms with E-state index in [9.17, 15) is 9.90 Å². The van der Waals surface area contributed by atoms with Gasteiger partial charge in [0.2, 0.25) is 0 Å². The number of aliphatic hydroxyl groups is 1. The molecule has 0 aliphatic heterocycles. The number of nitrogens with zero attached hydrogens (tertiary/aromatic N) is 1. The smallest absolute Gasteiger partial charge is 0.309 e. The van der Waals surface area contributed by atoms with Gasteiger partial charge >= 0.3 is 5.97 Å². The Labute approximate surface area is 128 Å². The molecule has 0 spiro atoms. The second kappa shape index (κ2) is 6.95. The Morgan fingerprint density at radius 1 is 1.52 bits per heavy atom. The van der Waals surface area contributed by atoms with E-state index in [1.54, 1.807) is 39.1 Å². The molecule has 0 bridgehead atoms. The molecule has 0 saturated heterocycles. The summed E-state index contributed by atoms with van der Waals surface area (Å²) in [5, 5.41) is 27.0. The molecule has 113 valence electrons. The number of carboxylic acids is 1. The Balaban J connectivity index is 2.91. The number of hydrogen-bond donors (Lipinski definition) is 3. The molecule has 0 saturated carbocycles. The predicted octanol–water partition coefficient (Wildman–Crippen LogP) is 1.93. The highest BCUT2D eigenvalue weighted by Crippen LogP contribution is 2.25. The van der Waals surface area contributed by atoms with Gasteiger partial charge in [-0.1, -0.05) is 0 Å². The molecule has 2 atom stereocenters. The summed E-state index contributed by atoms with van der Waals surface area (Å²) in [5.74, 6) is -0.872. The lowest BCUT2D eigenvalue weighted by Crippen LogP contribution is -2.25. The van der Waals surface area contributed by atoms with Crippen LogP contribution in [0.3, 0.4) is 0 Å². The van der Waals surface area contributed by atoms with Gasteiger partial charge in [-0.05, 0) is 45.7 Å². The monoisotopic (exact) mass is 305 g/mol. The van der Waals surface area contributed by atoms with E-state index < -0.39 is 17.5 Å². The van der Waals surface area contributed by atoms with Crippen molar-refractivity contribution >= 4 is 21.9 Å². The molecular weight excluding hydrogens is 284 g/mol. The number of carboxylic acid groups (broad SMARTS) is 1. The number of aliphatic hydroxyl groups excluding tert-OH is 1. The highest BCUT2D eigenvalue weighted by Gasteiger charge is 2.28. The summed E-state index contributed by atoms with van der Waals surface area (Å²) in [6.07, 6.45) is 1.69. The highest BCUT2D eigenvalue weighted by molar-refractivity contribution is 6.14. The topological polar surface area (TPSA) is 94.3 Å². The maximum absolute atomic E-state index is 11.1. The van der Waals surface area contributed by atoms with Crippen LogP contribution in [-0.4, -0.2) is 43.2 Å². The Bertz CT molecular complexity index is 529. The fourth-order valence-corrected chi connectivity index (χ4v) is 2.06. The number of hydrogen-bond acceptors (Lipinski definition) is 4. The van der Waals surface area contributed by atoms with Gasteiger partial charge in [0.05, 0.1) is 17.2 Å². The van der Waals surface area contributed by atoms with Crippen LogP contribution >= 0.6 is 0 Å². The summed E-state index contributed by atoms with van der Waals surface area (Å²) in [6, 6.07) is 3.50. The molecular formula is C15H21N2O3Si. The van der Waals surface area contributed by atoms with Gasteiger partial charge in [0.15, 0.2) is 0 Å². The first kappa shape index (κ1) is 17.5. The molecule has 5 nitrogen and oxygen atoms in total. The largest absolute Gasteiger partial charge is 0.481 e. The Kier molecular flexibility index (Phi) is 5.80. The van der Waals surface area contributed by atoms with Crippen LogP contribution in [-0.2, 0) is 4.79 Å². The third kappa shape index (κ3) is 4.47. The molecule has 0 aliphatic carbocycles. The van der Waals surface area contributed by atoms with Crippen LogP contribution in [0, 0.1) is 10.8 Å². The van der Waals surface area contributed by atoms with E-state index in [2.05, 4.69) is 15.2 Å². The summed E-state index contributed by atoms with van der Waals surface area (Å²) in [5.41, 5.74) is 0.332. The van der Waals surface area contributed by atoms with E-state index in [4.69, 9.17) is 10.5 Å². The molecule has 1 unspecified atom stereocenters. The fraction of sp³-hybridized carbons (Fsp3) is 0.533. The molecule has 21 heavy (non-hydrogen) atoms. The number of pyridine rings is 1. The Morgan fingerprint density at radius 2 is 2.14 bits per heavy atom. The summed E-state index contributed by atoms with van der Waals surface area (Å²) in [4.78, 5) is 15.3. The number of rotatable bonds is 7. The number of aromatic nitrogens is 1. The third-order valence-corrected chi connectivity index (χ3v) is 4.28. The lowest BCUT2D eigenvalue weighted by Gasteiger charge is -2.21. The van der Waals surface area contributed by atoms with E-state index in [0.29, 0.717) is 29.8 Å². The van der Waals surface area contributed by atoms with Crippen molar-refractivity contribution in [3.63, 3.8) is 0 Å². The van der Waals surface area contributed by atoms with E-state index in [1.165, 1.54) is 0 Å². The van der Waals surface area contributed by atoms with Crippen molar-refractivity contribution in [2.45, 2.75) is 45.3 Å². The van der Waals surface area contributed by atoms with E-state index in [1.807, 2.05) is 0 Å². The van der Waals surface area contributed by atoms with Gasteiger partial charge in [-0.15, -0.1) is 0 Å². The molecule has 0 aromatic carbocycles. The zero-order valence-corrected chi connectivity index (χ0v) is 13.6. The minimum absolute atomic E-state index is 0.330. The van der Waals surface area contributed by atoms with Crippen LogP contribution in [0.1, 0.15) is 50.4 Å². The van der Waals surface area contributed by atoms with Gasteiger partial charge in [0, 0.05) is 33.3 Å². The van der Waals surface area contributed by atoms with Crippen molar-refractivity contribution in [1.29, 1.82) is 5.41 Å². The van der Waals surface area contributed by atoms with Crippen molar-refractivity contribution in [2.24, 2.45) is 5.41 Å². The maximum atomic E-state index is 11.1. The zero-order valence-electron chi connectivity index (χ0n) is 12.6. The van der Waals surface area contributed by atoms with Gasteiger partial charge in [0.1, 0.15) is 0 Å². The molecule has 3 radical (unpaired) electrons. The molecule has 1 heterocycles. The molecule has 1 aromatic rings. The molecule has 3 N–H and O–H groups in total. The first-order chi connectivity index (χ1) is 9.66. The number of carbonyl (C=O) groups is 1. The van der Waals surface area contributed by atoms with Gasteiger partial charge in [-0.25, -0.2) is 0 Å². The third-order valence-electron chi connectivity index (χ3n) is 3.52. The average Bonchev–Trinajstić information content (AvgIpc) is 2.43. The van der Waals surface area contributed by atoms with Gasteiger partial charge in [-0.3, -0.25) is 9.78 Å². The summed E-state index contributed by atoms with van der Waals surface area (Å²) in [6.45, 7) is 4.94. The highest BCUT2D eigenvalue weighted by atomic mass is 28.1.